The van der Waals surface area contributed by atoms with E-state index in [1.807, 2.05) is 36.4 Å². The number of nitrogen functional groups attached to an aromatic ring is 1. The standard InChI is InChI=1S/C16H19NO2S/c1-12-4-3-5-14(10-12)19-8-9-20-16-7-6-13(17)11-15(16)18-2/h3-7,10-11H,8-9,17H2,1-2H3. The van der Waals surface area contributed by atoms with Crippen LogP contribution in [0.1, 0.15) is 5.56 Å². The van der Waals surface area contributed by atoms with Crippen molar-refractivity contribution in [3.63, 3.8) is 0 Å². The average molecular weight is 289 g/mol. The third-order valence-electron chi connectivity index (χ3n) is 2.79. The van der Waals surface area contributed by atoms with Crippen LogP contribution in [0.3, 0.4) is 0 Å². The van der Waals surface area contributed by atoms with Gasteiger partial charge in [0.05, 0.1) is 13.7 Å². The summed E-state index contributed by atoms with van der Waals surface area (Å²) in [6.45, 7) is 2.71. The van der Waals surface area contributed by atoms with Crippen LogP contribution in [0.5, 0.6) is 11.5 Å². The summed E-state index contributed by atoms with van der Waals surface area (Å²) >= 11 is 1.70. The molecule has 0 amide bonds. The average Bonchev–Trinajstić information content (AvgIpc) is 2.45. The minimum atomic E-state index is 0.654. The van der Waals surface area contributed by atoms with Crippen molar-refractivity contribution in [2.45, 2.75) is 11.8 Å². The number of anilines is 1. The molecular formula is C16H19NO2S. The second kappa shape index (κ2) is 7.10. The number of thioether (sulfide) groups is 1. The van der Waals surface area contributed by atoms with E-state index in [1.54, 1.807) is 18.9 Å². The molecule has 0 spiro atoms. The minimum Gasteiger partial charge on any atom is -0.496 e. The normalized spacial score (nSPS) is 10.3. The maximum absolute atomic E-state index is 5.73. The van der Waals surface area contributed by atoms with E-state index in [2.05, 4.69) is 13.0 Å². The molecule has 0 heterocycles. The molecule has 2 N–H and O–H groups in total. The molecule has 2 aromatic carbocycles. The summed E-state index contributed by atoms with van der Waals surface area (Å²) in [5, 5.41) is 0. The summed E-state index contributed by atoms with van der Waals surface area (Å²) in [6.07, 6.45) is 0. The lowest BCUT2D eigenvalue weighted by Gasteiger charge is -2.10. The van der Waals surface area contributed by atoms with Gasteiger partial charge in [-0.3, -0.25) is 0 Å². The van der Waals surface area contributed by atoms with Crippen LogP contribution in [0.4, 0.5) is 5.69 Å². The Labute approximate surface area is 124 Å². The first kappa shape index (κ1) is 14.6. The molecule has 0 unspecified atom stereocenters. The van der Waals surface area contributed by atoms with E-state index in [-0.39, 0.29) is 0 Å². The molecule has 2 aromatic rings. The molecule has 0 aliphatic carbocycles. The zero-order chi connectivity index (χ0) is 14.4. The van der Waals surface area contributed by atoms with Gasteiger partial charge < -0.3 is 15.2 Å². The minimum absolute atomic E-state index is 0.654. The SMILES string of the molecule is COc1cc(N)ccc1SCCOc1cccc(C)c1. The maximum Gasteiger partial charge on any atom is 0.134 e. The Morgan fingerprint density at radius 2 is 2.00 bits per heavy atom. The van der Waals surface area contributed by atoms with Gasteiger partial charge in [0.15, 0.2) is 0 Å². The van der Waals surface area contributed by atoms with Crippen LogP contribution in [-0.4, -0.2) is 19.5 Å². The molecule has 0 radical (unpaired) electrons. The number of hydrogen-bond donors (Lipinski definition) is 1. The van der Waals surface area contributed by atoms with Gasteiger partial charge in [-0.25, -0.2) is 0 Å². The van der Waals surface area contributed by atoms with E-state index in [9.17, 15) is 0 Å². The lowest BCUT2D eigenvalue weighted by Crippen LogP contribution is -2.00. The first-order valence-corrected chi connectivity index (χ1v) is 7.43. The molecule has 106 valence electrons. The van der Waals surface area contributed by atoms with E-state index < -0.39 is 0 Å². The summed E-state index contributed by atoms with van der Waals surface area (Å²) in [4.78, 5) is 1.08. The van der Waals surface area contributed by atoms with Crippen LogP contribution in [0, 0.1) is 6.92 Å². The number of ether oxygens (including phenoxy) is 2. The van der Waals surface area contributed by atoms with Crippen molar-refractivity contribution in [3.05, 3.63) is 48.0 Å². The lowest BCUT2D eigenvalue weighted by atomic mass is 10.2. The Hall–Kier alpha value is -1.81. The van der Waals surface area contributed by atoms with Crippen LogP contribution in [0.2, 0.25) is 0 Å². The van der Waals surface area contributed by atoms with Crippen molar-refractivity contribution in [1.82, 2.24) is 0 Å². The molecule has 0 atom stereocenters. The van der Waals surface area contributed by atoms with Crippen molar-refractivity contribution in [1.29, 1.82) is 0 Å². The molecular weight excluding hydrogens is 270 g/mol. The van der Waals surface area contributed by atoms with Gasteiger partial charge >= 0.3 is 0 Å². The van der Waals surface area contributed by atoms with E-state index in [0.717, 1.165) is 22.1 Å². The number of hydrogen-bond acceptors (Lipinski definition) is 4. The molecule has 0 saturated carbocycles. The molecule has 0 saturated heterocycles. The number of rotatable bonds is 6. The van der Waals surface area contributed by atoms with Crippen LogP contribution in [-0.2, 0) is 0 Å². The first-order chi connectivity index (χ1) is 9.69. The first-order valence-electron chi connectivity index (χ1n) is 6.45. The highest BCUT2D eigenvalue weighted by molar-refractivity contribution is 7.99. The number of aryl methyl sites for hydroxylation is 1. The highest BCUT2D eigenvalue weighted by Gasteiger charge is 2.04. The van der Waals surface area contributed by atoms with Gasteiger partial charge in [0.1, 0.15) is 11.5 Å². The molecule has 0 aliphatic heterocycles. The van der Waals surface area contributed by atoms with Gasteiger partial charge in [-0.1, -0.05) is 12.1 Å². The molecule has 20 heavy (non-hydrogen) atoms. The van der Waals surface area contributed by atoms with Crippen molar-refractivity contribution in [2.24, 2.45) is 0 Å². The monoisotopic (exact) mass is 289 g/mol. The molecule has 3 nitrogen and oxygen atoms in total. The highest BCUT2D eigenvalue weighted by Crippen LogP contribution is 2.30. The van der Waals surface area contributed by atoms with Gasteiger partial charge in [-0.2, -0.15) is 0 Å². The molecule has 2 rings (SSSR count). The Balaban J connectivity index is 1.84. The van der Waals surface area contributed by atoms with Crippen LogP contribution in [0.25, 0.3) is 0 Å². The molecule has 0 aliphatic rings. The summed E-state index contributed by atoms with van der Waals surface area (Å²) in [6, 6.07) is 13.8. The van der Waals surface area contributed by atoms with E-state index in [4.69, 9.17) is 15.2 Å². The molecule has 0 bridgehead atoms. The zero-order valence-electron chi connectivity index (χ0n) is 11.8. The predicted octanol–water partition coefficient (Wildman–Crippen LogP) is 3.76. The topological polar surface area (TPSA) is 44.5 Å². The Morgan fingerprint density at radius 3 is 2.75 bits per heavy atom. The highest BCUT2D eigenvalue weighted by atomic mass is 32.2. The van der Waals surface area contributed by atoms with E-state index >= 15 is 0 Å². The van der Waals surface area contributed by atoms with Gasteiger partial charge in [-0.15, -0.1) is 11.8 Å². The summed E-state index contributed by atoms with van der Waals surface area (Å²) in [5.74, 6) is 2.58. The Morgan fingerprint density at radius 1 is 1.15 bits per heavy atom. The summed E-state index contributed by atoms with van der Waals surface area (Å²) in [5.41, 5.74) is 7.65. The Kier molecular flexibility index (Phi) is 5.18. The van der Waals surface area contributed by atoms with Crippen LogP contribution >= 0.6 is 11.8 Å². The second-order valence-corrected chi connectivity index (χ2v) is 5.56. The summed E-state index contributed by atoms with van der Waals surface area (Å²) in [7, 11) is 1.65. The Bertz CT molecular complexity index is 572. The van der Waals surface area contributed by atoms with E-state index in [0.29, 0.717) is 12.3 Å². The largest absolute Gasteiger partial charge is 0.496 e. The third-order valence-corrected chi connectivity index (χ3v) is 3.81. The van der Waals surface area contributed by atoms with Gasteiger partial charge in [-0.05, 0) is 36.8 Å². The van der Waals surface area contributed by atoms with Crippen molar-refractivity contribution in [2.75, 3.05) is 25.2 Å². The fourth-order valence-electron chi connectivity index (χ4n) is 1.82. The van der Waals surface area contributed by atoms with Crippen molar-refractivity contribution >= 4 is 17.4 Å². The molecule has 4 heteroatoms. The maximum atomic E-state index is 5.73. The number of nitrogens with two attached hydrogens (primary N) is 1. The quantitative estimate of drug-likeness (QED) is 0.499. The number of methoxy groups -OCH3 is 1. The van der Waals surface area contributed by atoms with Crippen LogP contribution in [0.15, 0.2) is 47.4 Å². The third kappa shape index (κ3) is 4.10. The molecule has 0 fully saturated rings. The van der Waals surface area contributed by atoms with E-state index in [1.165, 1.54) is 5.56 Å². The van der Waals surface area contributed by atoms with Gasteiger partial charge in [0.2, 0.25) is 0 Å². The number of benzene rings is 2. The predicted molar refractivity (Wildman–Crippen MR) is 84.8 cm³/mol. The molecule has 0 aromatic heterocycles. The van der Waals surface area contributed by atoms with Crippen molar-refractivity contribution in [3.8, 4) is 11.5 Å². The van der Waals surface area contributed by atoms with Gasteiger partial charge in [0.25, 0.3) is 0 Å². The zero-order valence-corrected chi connectivity index (χ0v) is 12.6. The fraction of sp³-hybridized carbons (Fsp3) is 0.250. The second-order valence-electron chi connectivity index (χ2n) is 4.42. The van der Waals surface area contributed by atoms with Crippen LogP contribution < -0.4 is 15.2 Å². The van der Waals surface area contributed by atoms with Crippen molar-refractivity contribution < 1.29 is 9.47 Å². The summed E-state index contributed by atoms with van der Waals surface area (Å²) < 4.78 is 11.0. The van der Waals surface area contributed by atoms with Gasteiger partial charge in [0, 0.05) is 22.4 Å². The fourth-order valence-corrected chi connectivity index (χ4v) is 2.66. The lowest BCUT2D eigenvalue weighted by molar-refractivity contribution is 0.343. The smallest absolute Gasteiger partial charge is 0.134 e.